The molecule has 0 unspecified atom stereocenters. The Labute approximate surface area is 154 Å². The van der Waals surface area contributed by atoms with E-state index in [0.29, 0.717) is 11.3 Å². The first kappa shape index (κ1) is 19.8. The van der Waals surface area contributed by atoms with Crippen molar-refractivity contribution in [3.8, 4) is 5.75 Å². The molecule has 8 nitrogen and oxygen atoms in total. The van der Waals surface area contributed by atoms with E-state index in [0.717, 1.165) is 0 Å². The molecule has 2 aromatic carbocycles. The minimum atomic E-state index is -0.592. The predicted molar refractivity (Wildman–Crippen MR) is 95.9 cm³/mol. The number of nitro benzene ring substituents is 1. The number of ether oxygens (including phenoxy) is 1. The summed E-state index contributed by atoms with van der Waals surface area (Å²) in [6.07, 6.45) is -0.0844. The van der Waals surface area contributed by atoms with Crippen LogP contribution in [0, 0.1) is 22.9 Å². The number of halogens is 1. The lowest BCUT2D eigenvalue weighted by Gasteiger charge is -2.22. The number of primary amides is 1. The third-order valence-electron chi connectivity index (χ3n) is 3.82. The van der Waals surface area contributed by atoms with Crippen LogP contribution in [0.2, 0.25) is 0 Å². The molecule has 0 heterocycles. The van der Waals surface area contributed by atoms with Crippen molar-refractivity contribution in [2.24, 2.45) is 5.73 Å². The lowest BCUT2D eigenvalue weighted by molar-refractivity contribution is -0.385. The van der Waals surface area contributed by atoms with Gasteiger partial charge in [-0.15, -0.1) is 0 Å². The second-order valence-electron chi connectivity index (χ2n) is 5.68. The lowest BCUT2D eigenvalue weighted by Crippen LogP contribution is -2.37. The highest BCUT2D eigenvalue weighted by atomic mass is 19.1. The smallest absolute Gasteiger partial charge is 0.276 e. The molecule has 9 heteroatoms. The van der Waals surface area contributed by atoms with E-state index in [1.165, 1.54) is 54.3 Å². The molecule has 2 amide bonds. The van der Waals surface area contributed by atoms with Crippen LogP contribution in [0.15, 0.2) is 42.5 Å². The fourth-order valence-electron chi connectivity index (χ4n) is 2.42. The highest BCUT2D eigenvalue weighted by Gasteiger charge is 2.19. The molecule has 0 aromatic heterocycles. The van der Waals surface area contributed by atoms with Gasteiger partial charge in [-0.05, 0) is 37.3 Å². The zero-order valence-corrected chi connectivity index (χ0v) is 14.6. The van der Waals surface area contributed by atoms with Gasteiger partial charge >= 0.3 is 0 Å². The summed E-state index contributed by atoms with van der Waals surface area (Å²) in [7, 11) is 0. The second-order valence-corrected chi connectivity index (χ2v) is 5.68. The fourth-order valence-corrected chi connectivity index (χ4v) is 2.42. The number of carbonyl (C=O) groups excluding carboxylic acids is 2. The molecule has 0 bridgehead atoms. The lowest BCUT2D eigenvalue weighted by atomic mass is 10.2. The Bertz CT molecular complexity index is 855. The van der Waals surface area contributed by atoms with Crippen LogP contribution in [0.5, 0.6) is 5.75 Å². The quantitative estimate of drug-likeness (QED) is 0.561. The fraction of sp³-hybridized carbons (Fsp3) is 0.222. The van der Waals surface area contributed by atoms with Gasteiger partial charge in [-0.25, -0.2) is 4.39 Å². The summed E-state index contributed by atoms with van der Waals surface area (Å²) in [4.78, 5) is 35.3. The second kappa shape index (κ2) is 8.75. The van der Waals surface area contributed by atoms with Crippen LogP contribution in [0.1, 0.15) is 12.0 Å². The Hall–Kier alpha value is -3.49. The maximum atomic E-state index is 13.1. The number of amides is 2. The van der Waals surface area contributed by atoms with Crippen LogP contribution in [0.3, 0.4) is 0 Å². The van der Waals surface area contributed by atoms with Gasteiger partial charge in [0.05, 0.1) is 10.5 Å². The molecular weight excluding hydrogens is 357 g/mol. The number of rotatable bonds is 8. The molecule has 0 aliphatic rings. The van der Waals surface area contributed by atoms with Gasteiger partial charge in [0.25, 0.3) is 11.6 Å². The van der Waals surface area contributed by atoms with E-state index in [1.54, 1.807) is 0 Å². The van der Waals surface area contributed by atoms with Gasteiger partial charge in [0.2, 0.25) is 5.91 Å². The average Bonchev–Trinajstić information content (AvgIpc) is 2.62. The molecule has 2 N–H and O–H groups in total. The molecule has 0 atom stereocenters. The maximum Gasteiger partial charge on any atom is 0.276 e. The van der Waals surface area contributed by atoms with E-state index in [2.05, 4.69) is 0 Å². The monoisotopic (exact) mass is 375 g/mol. The van der Waals surface area contributed by atoms with Crippen LogP contribution in [0.4, 0.5) is 15.8 Å². The molecule has 2 rings (SSSR count). The Morgan fingerprint density at radius 1 is 1.22 bits per heavy atom. The summed E-state index contributed by atoms with van der Waals surface area (Å²) >= 11 is 0. The van der Waals surface area contributed by atoms with E-state index >= 15 is 0 Å². The average molecular weight is 375 g/mol. The predicted octanol–water partition coefficient (Wildman–Crippen LogP) is 2.33. The van der Waals surface area contributed by atoms with Crippen molar-refractivity contribution < 1.29 is 23.6 Å². The molecule has 0 aliphatic heterocycles. The zero-order valence-electron chi connectivity index (χ0n) is 14.6. The zero-order chi connectivity index (χ0) is 20.0. The molecule has 0 spiro atoms. The van der Waals surface area contributed by atoms with Crippen LogP contribution < -0.4 is 15.4 Å². The number of carbonyl (C=O) groups is 2. The Morgan fingerprint density at radius 2 is 1.89 bits per heavy atom. The number of hydrogen-bond donors (Lipinski definition) is 1. The number of nitro groups is 1. The van der Waals surface area contributed by atoms with E-state index < -0.39 is 29.2 Å². The van der Waals surface area contributed by atoms with Gasteiger partial charge in [0, 0.05) is 24.7 Å². The number of benzene rings is 2. The summed E-state index contributed by atoms with van der Waals surface area (Å²) in [6, 6.07) is 9.47. The van der Waals surface area contributed by atoms with Crippen molar-refractivity contribution in [2.75, 3.05) is 18.1 Å². The summed E-state index contributed by atoms with van der Waals surface area (Å²) in [5.74, 6) is -1.37. The van der Waals surface area contributed by atoms with E-state index in [1.807, 2.05) is 0 Å². The number of nitrogens with zero attached hydrogens (tertiary/aromatic N) is 2. The van der Waals surface area contributed by atoms with Crippen molar-refractivity contribution in [3.05, 3.63) is 64.0 Å². The summed E-state index contributed by atoms with van der Waals surface area (Å²) in [5, 5.41) is 11.0. The summed E-state index contributed by atoms with van der Waals surface area (Å²) in [5.41, 5.74) is 5.69. The molecule has 0 saturated heterocycles. The normalized spacial score (nSPS) is 10.3. The third-order valence-corrected chi connectivity index (χ3v) is 3.82. The highest BCUT2D eigenvalue weighted by Crippen LogP contribution is 2.27. The van der Waals surface area contributed by atoms with E-state index in [9.17, 15) is 24.1 Å². The summed E-state index contributed by atoms with van der Waals surface area (Å²) in [6.45, 7) is 1.10. The third kappa shape index (κ3) is 5.24. The van der Waals surface area contributed by atoms with Gasteiger partial charge in [0.1, 0.15) is 11.6 Å². The Balaban J connectivity index is 2.16. The van der Waals surface area contributed by atoms with E-state index in [-0.39, 0.29) is 24.4 Å². The highest BCUT2D eigenvalue weighted by molar-refractivity contribution is 5.95. The van der Waals surface area contributed by atoms with E-state index in [4.69, 9.17) is 10.5 Å². The first-order valence-corrected chi connectivity index (χ1v) is 8.00. The largest absolute Gasteiger partial charge is 0.483 e. The molecule has 27 heavy (non-hydrogen) atoms. The van der Waals surface area contributed by atoms with Gasteiger partial charge in [-0.3, -0.25) is 19.7 Å². The first-order valence-electron chi connectivity index (χ1n) is 8.00. The van der Waals surface area contributed by atoms with Crippen LogP contribution in [-0.4, -0.2) is 29.9 Å². The van der Waals surface area contributed by atoms with Crippen molar-refractivity contribution in [1.29, 1.82) is 0 Å². The number of nitrogens with two attached hydrogens (primary N) is 1. The minimum Gasteiger partial charge on any atom is -0.483 e. The van der Waals surface area contributed by atoms with Crippen molar-refractivity contribution in [2.45, 2.75) is 13.3 Å². The van der Waals surface area contributed by atoms with Crippen LogP contribution in [0.25, 0.3) is 0 Å². The molecule has 0 aliphatic carbocycles. The maximum absolute atomic E-state index is 13.1. The topological polar surface area (TPSA) is 116 Å². The molecular formula is C18H18FN3O5. The Kier molecular flexibility index (Phi) is 6.42. The van der Waals surface area contributed by atoms with Gasteiger partial charge in [0.15, 0.2) is 6.61 Å². The van der Waals surface area contributed by atoms with Gasteiger partial charge in [-0.1, -0.05) is 6.07 Å². The SMILES string of the molecule is Cc1c(OCC(=O)N(CCC(N)=O)c2ccc(F)cc2)cccc1[N+](=O)[O-]. The molecule has 0 saturated carbocycles. The minimum absolute atomic E-state index is 0.00290. The number of hydrogen-bond acceptors (Lipinski definition) is 5. The van der Waals surface area contributed by atoms with Crippen LogP contribution >= 0.6 is 0 Å². The molecule has 142 valence electrons. The van der Waals surface area contributed by atoms with Crippen molar-refractivity contribution in [1.82, 2.24) is 0 Å². The number of anilines is 1. The van der Waals surface area contributed by atoms with Crippen molar-refractivity contribution >= 4 is 23.2 Å². The Morgan fingerprint density at radius 3 is 2.48 bits per heavy atom. The van der Waals surface area contributed by atoms with Gasteiger partial charge < -0.3 is 15.4 Å². The first-order chi connectivity index (χ1) is 12.8. The standard InChI is InChI=1S/C18H18FN3O5/c1-12-15(22(25)26)3-2-4-16(12)27-11-18(24)21(10-9-17(20)23)14-7-5-13(19)6-8-14/h2-8H,9-11H2,1H3,(H2,20,23). The molecule has 0 radical (unpaired) electrons. The van der Waals surface area contributed by atoms with Crippen molar-refractivity contribution in [3.63, 3.8) is 0 Å². The van der Waals surface area contributed by atoms with Crippen LogP contribution in [-0.2, 0) is 9.59 Å². The molecule has 2 aromatic rings. The molecule has 0 fully saturated rings. The summed E-state index contributed by atoms with van der Waals surface area (Å²) < 4.78 is 18.6. The van der Waals surface area contributed by atoms with Gasteiger partial charge in [-0.2, -0.15) is 0 Å².